The Morgan fingerprint density at radius 3 is 2.90 bits per heavy atom. The minimum Gasteiger partial charge on any atom is -0.451 e. The van der Waals surface area contributed by atoms with Crippen LogP contribution in [-0.4, -0.2) is 25.0 Å². The molecule has 2 aromatic rings. The Hall–Kier alpha value is -1.78. The van der Waals surface area contributed by atoms with Gasteiger partial charge in [0.2, 0.25) is 0 Å². The lowest BCUT2D eigenvalue weighted by Crippen LogP contribution is -2.45. The maximum Gasteiger partial charge on any atom is 0.287 e. The molecule has 5 heteroatoms. The number of hydrogen-bond acceptors (Lipinski definition) is 3. The van der Waals surface area contributed by atoms with Gasteiger partial charge in [-0.25, -0.2) is 0 Å². The van der Waals surface area contributed by atoms with Gasteiger partial charge in [0.05, 0.1) is 5.02 Å². The number of halogens is 1. The van der Waals surface area contributed by atoms with Crippen molar-refractivity contribution in [1.29, 1.82) is 0 Å². The van der Waals surface area contributed by atoms with Crippen molar-refractivity contribution >= 4 is 17.5 Å². The Kier molecular flexibility index (Phi) is 4.27. The van der Waals surface area contributed by atoms with Gasteiger partial charge < -0.3 is 15.1 Å². The fourth-order valence-corrected chi connectivity index (χ4v) is 2.73. The summed E-state index contributed by atoms with van der Waals surface area (Å²) in [5.41, 5.74) is 0.789. The molecule has 1 amide bonds. The molecule has 2 N–H and O–H groups in total. The Morgan fingerprint density at radius 1 is 1.29 bits per heavy atom. The highest BCUT2D eigenvalue weighted by atomic mass is 35.5. The van der Waals surface area contributed by atoms with Gasteiger partial charge in [-0.05, 0) is 43.7 Å². The number of piperidine rings is 1. The Balaban J connectivity index is 1.72. The van der Waals surface area contributed by atoms with Crippen LogP contribution in [0.5, 0.6) is 0 Å². The molecule has 1 atom stereocenters. The number of rotatable bonds is 3. The summed E-state index contributed by atoms with van der Waals surface area (Å²) >= 11 is 6.13. The van der Waals surface area contributed by atoms with Crippen molar-refractivity contribution < 1.29 is 9.21 Å². The third kappa shape index (κ3) is 3.28. The monoisotopic (exact) mass is 304 g/mol. The molecule has 0 bridgehead atoms. The predicted molar refractivity (Wildman–Crippen MR) is 82.5 cm³/mol. The van der Waals surface area contributed by atoms with Gasteiger partial charge in [0.25, 0.3) is 5.91 Å². The average Bonchev–Trinajstić information content (AvgIpc) is 2.98. The molecule has 0 saturated carbocycles. The van der Waals surface area contributed by atoms with E-state index in [0.717, 1.165) is 31.5 Å². The predicted octanol–water partition coefficient (Wildman–Crippen LogP) is 3.08. The van der Waals surface area contributed by atoms with Gasteiger partial charge in [0.15, 0.2) is 5.76 Å². The molecular formula is C16H17ClN2O2. The summed E-state index contributed by atoms with van der Waals surface area (Å²) in [4.78, 5) is 12.2. The summed E-state index contributed by atoms with van der Waals surface area (Å²) in [7, 11) is 0. The number of benzene rings is 1. The lowest BCUT2D eigenvalue weighted by molar-refractivity contribution is 0.0903. The lowest BCUT2D eigenvalue weighted by Gasteiger charge is -2.23. The van der Waals surface area contributed by atoms with Crippen LogP contribution in [0.25, 0.3) is 11.3 Å². The molecule has 1 aliphatic heterocycles. The van der Waals surface area contributed by atoms with Crippen molar-refractivity contribution in [2.24, 2.45) is 0 Å². The van der Waals surface area contributed by atoms with E-state index in [-0.39, 0.29) is 11.9 Å². The van der Waals surface area contributed by atoms with Crippen molar-refractivity contribution in [3.8, 4) is 11.3 Å². The lowest BCUT2D eigenvalue weighted by atomic mass is 10.1. The van der Waals surface area contributed by atoms with Crippen LogP contribution in [0.1, 0.15) is 23.4 Å². The first-order chi connectivity index (χ1) is 10.2. The Labute approximate surface area is 128 Å². The van der Waals surface area contributed by atoms with Crippen LogP contribution in [0.2, 0.25) is 5.02 Å². The molecule has 1 fully saturated rings. The van der Waals surface area contributed by atoms with Crippen LogP contribution >= 0.6 is 11.6 Å². The molecule has 1 aliphatic rings. The highest BCUT2D eigenvalue weighted by molar-refractivity contribution is 6.33. The summed E-state index contributed by atoms with van der Waals surface area (Å²) in [6.07, 6.45) is 2.07. The number of hydrogen-bond donors (Lipinski definition) is 2. The first-order valence-electron chi connectivity index (χ1n) is 7.10. The van der Waals surface area contributed by atoms with Crippen molar-refractivity contribution in [2.45, 2.75) is 18.9 Å². The van der Waals surface area contributed by atoms with Gasteiger partial charge in [-0.1, -0.05) is 23.7 Å². The average molecular weight is 305 g/mol. The quantitative estimate of drug-likeness (QED) is 0.916. The molecule has 0 radical (unpaired) electrons. The fourth-order valence-electron chi connectivity index (χ4n) is 2.50. The standard InChI is InChI=1S/C16H17ClN2O2/c17-13-6-2-1-5-12(13)14-7-8-15(21-14)16(20)19-11-4-3-9-18-10-11/h1-2,5-8,11,18H,3-4,9-10H2,(H,19,20). The maximum atomic E-state index is 12.2. The van der Waals surface area contributed by atoms with E-state index in [4.69, 9.17) is 16.0 Å². The summed E-state index contributed by atoms with van der Waals surface area (Å²) in [6, 6.07) is 11.0. The molecule has 4 nitrogen and oxygen atoms in total. The van der Waals surface area contributed by atoms with E-state index < -0.39 is 0 Å². The third-order valence-corrected chi connectivity index (χ3v) is 3.93. The summed E-state index contributed by atoms with van der Waals surface area (Å²) in [6.45, 7) is 1.83. The molecule has 1 aromatic heterocycles. The number of furan rings is 1. The van der Waals surface area contributed by atoms with E-state index in [1.54, 1.807) is 18.2 Å². The van der Waals surface area contributed by atoms with Crippen LogP contribution in [-0.2, 0) is 0 Å². The van der Waals surface area contributed by atoms with E-state index in [0.29, 0.717) is 16.5 Å². The maximum absolute atomic E-state index is 12.2. The molecule has 1 aromatic carbocycles. The van der Waals surface area contributed by atoms with Gasteiger partial charge in [-0.15, -0.1) is 0 Å². The van der Waals surface area contributed by atoms with Gasteiger partial charge in [-0.2, -0.15) is 0 Å². The van der Waals surface area contributed by atoms with Crippen molar-refractivity contribution in [3.05, 3.63) is 47.2 Å². The highest BCUT2D eigenvalue weighted by Gasteiger charge is 2.19. The van der Waals surface area contributed by atoms with E-state index in [9.17, 15) is 4.79 Å². The molecular weight excluding hydrogens is 288 g/mol. The molecule has 21 heavy (non-hydrogen) atoms. The number of amides is 1. The van der Waals surface area contributed by atoms with Crippen LogP contribution in [0.15, 0.2) is 40.8 Å². The fraction of sp³-hybridized carbons (Fsp3) is 0.312. The number of carbonyl (C=O) groups is 1. The minimum absolute atomic E-state index is 0.167. The van der Waals surface area contributed by atoms with E-state index in [1.807, 2.05) is 18.2 Å². The summed E-state index contributed by atoms with van der Waals surface area (Å²) in [5, 5.41) is 6.86. The van der Waals surface area contributed by atoms with E-state index in [1.165, 1.54) is 0 Å². The Bertz CT molecular complexity index is 633. The molecule has 3 rings (SSSR count). The molecule has 0 spiro atoms. The number of carbonyl (C=O) groups excluding carboxylic acids is 1. The first kappa shape index (κ1) is 14.2. The van der Waals surface area contributed by atoms with Gasteiger partial charge in [0.1, 0.15) is 5.76 Å². The van der Waals surface area contributed by atoms with E-state index >= 15 is 0 Å². The largest absolute Gasteiger partial charge is 0.451 e. The van der Waals surface area contributed by atoms with Crippen LogP contribution in [0, 0.1) is 0 Å². The zero-order valence-corrected chi connectivity index (χ0v) is 12.3. The van der Waals surface area contributed by atoms with Gasteiger partial charge in [0, 0.05) is 18.2 Å². The zero-order valence-electron chi connectivity index (χ0n) is 11.6. The topological polar surface area (TPSA) is 54.3 Å². The van der Waals surface area contributed by atoms with Crippen molar-refractivity contribution in [1.82, 2.24) is 10.6 Å². The molecule has 1 saturated heterocycles. The SMILES string of the molecule is O=C(NC1CCCNC1)c1ccc(-c2ccccc2Cl)o1. The number of nitrogens with one attached hydrogen (secondary N) is 2. The van der Waals surface area contributed by atoms with Gasteiger partial charge >= 0.3 is 0 Å². The third-order valence-electron chi connectivity index (χ3n) is 3.60. The second-order valence-corrected chi connectivity index (χ2v) is 5.57. The second kappa shape index (κ2) is 6.33. The van der Waals surface area contributed by atoms with Gasteiger partial charge in [-0.3, -0.25) is 4.79 Å². The molecule has 0 aliphatic carbocycles. The Morgan fingerprint density at radius 2 is 2.14 bits per heavy atom. The van der Waals surface area contributed by atoms with Crippen LogP contribution < -0.4 is 10.6 Å². The van der Waals surface area contributed by atoms with Crippen LogP contribution in [0.4, 0.5) is 0 Å². The first-order valence-corrected chi connectivity index (χ1v) is 7.48. The highest BCUT2D eigenvalue weighted by Crippen LogP contribution is 2.29. The smallest absolute Gasteiger partial charge is 0.287 e. The summed E-state index contributed by atoms with van der Waals surface area (Å²) in [5.74, 6) is 0.741. The normalized spacial score (nSPS) is 18.4. The van der Waals surface area contributed by atoms with E-state index in [2.05, 4.69) is 10.6 Å². The molecule has 1 unspecified atom stereocenters. The summed E-state index contributed by atoms with van der Waals surface area (Å²) < 4.78 is 5.64. The molecule has 110 valence electrons. The van der Waals surface area contributed by atoms with Crippen molar-refractivity contribution in [2.75, 3.05) is 13.1 Å². The van der Waals surface area contributed by atoms with Crippen molar-refractivity contribution in [3.63, 3.8) is 0 Å². The van der Waals surface area contributed by atoms with Crippen LogP contribution in [0.3, 0.4) is 0 Å². The second-order valence-electron chi connectivity index (χ2n) is 5.16. The minimum atomic E-state index is -0.179. The zero-order chi connectivity index (χ0) is 14.7. The molecule has 2 heterocycles.